The summed E-state index contributed by atoms with van der Waals surface area (Å²) in [6.45, 7) is 5.82. The summed E-state index contributed by atoms with van der Waals surface area (Å²) >= 11 is 0. The van der Waals surface area contributed by atoms with E-state index in [-0.39, 0.29) is 5.75 Å². The predicted molar refractivity (Wildman–Crippen MR) is 123 cm³/mol. The van der Waals surface area contributed by atoms with Crippen molar-refractivity contribution >= 4 is 5.57 Å². The number of unbranched alkanes of at least 4 members (excludes halogenated alkanes) is 4. The Balaban J connectivity index is 1.55. The third-order valence-electron chi connectivity index (χ3n) is 5.99. The van der Waals surface area contributed by atoms with Crippen LogP contribution in [0.5, 0.6) is 5.75 Å². The summed E-state index contributed by atoms with van der Waals surface area (Å²) in [6, 6.07) is 7.46. The topological polar surface area (TPSA) is 22.1 Å². The summed E-state index contributed by atoms with van der Waals surface area (Å²) in [5, 5.41) is 0. The van der Waals surface area contributed by atoms with E-state index >= 15 is 0 Å². The van der Waals surface area contributed by atoms with E-state index in [1.807, 2.05) is 18.3 Å². The van der Waals surface area contributed by atoms with Gasteiger partial charge in [0.05, 0.1) is 6.61 Å². The van der Waals surface area contributed by atoms with E-state index < -0.39 is 11.6 Å². The molecule has 1 aliphatic carbocycles. The Morgan fingerprint density at radius 2 is 1.94 bits per heavy atom. The van der Waals surface area contributed by atoms with Crippen molar-refractivity contribution in [2.24, 2.45) is 0 Å². The van der Waals surface area contributed by atoms with Crippen molar-refractivity contribution in [3.8, 4) is 5.75 Å². The lowest BCUT2D eigenvalue weighted by Gasteiger charge is -2.22. The van der Waals surface area contributed by atoms with Crippen molar-refractivity contribution < 1.29 is 13.5 Å². The second-order valence-electron chi connectivity index (χ2n) is 8.21. The van der Waals surface area contributed by atoms with E-state index in [1.54, 1.807) is 13.0 Å². The van der Waals surface area contributed by atoms with Gasteiger partial charge in [0.15, 0.2) is 11.6 Å². The molecule has 1 atom stereocenters. The number of halogens is 2. The Labute approximate surface area is 185 Å². The molecule has 1 unspecified atom stereocenters. The van der Waals surface area contributed by atoms with E-state index in [9.17, 15) is 8.78 Å². The fraction of sp³-hybridized carbons (Fsp3) is 0.444. The Morgan fingerprint density at radius 1 is 1.10 bits per heavy atom. The summed E-state index contributed by atoms with van der Waals surface area (Å²) in [6.07, 6.45) is 15.5. The molecule has 1 aliphatic rings. The molecule has 0 N–H and O–H groups in total. The molecule has 0 bridgehead atoms. The standard InChI is InChI=1S/C27H33F2NO/c1-3-5-6-7-8-9-10-20-11-17-24(30-19-20)22-14-12-21(13-15-22)23-16-18-25(31-4-2)27(29)26(23)28/h3,11-12,16-19,22H,1,4-10,13-15H2,2H3. The lowest BCUT2D eigenvalue weighted by molar-refractivity contribution is 0.314. The molecule has 0 saturated carbocycles. The monoisotopic (exact) mass is 425 g/mol. The highest BCUT2D eigenvalue weighted by molar-refractivity contribution is 5.67. The van der Waals surface area contributed by atoms with Crippen molar-refractivity contribution in [3.63, 3.8) is 0 Å². The number of rotatable bonds is 11. The largest absolute Gasteiger partial charge is 0.491 e. The molecular weight excluding hydrogens is 392 g/mol. The zero-order valence-corrected chi connectivity index (χ0v) is 18.5. The van der Waals surface area contributed by atoms with Crippen molar-refractivity contribution in [3.05, 3.63) is 77.6 Å². The van der Waals surface area contributed by atoms with E-state index in [1.165, 1.54) is 37.3 Å². The maximum absolute atomic E-state index is 14.5. The summed E-state index contributed by atoms with van der Waals surface area (Å²) in [5.41, 5.74) is 3.58. The van der Waals surface area contributed by atoms with Crippen LogP contribution in [-0.4, -0.2) is 11.6 Å². The molecule has 0 radical (unpaired) electrons. The van der Waals surface area contributed by atoms with Gasteiger partial charge in [-0.1, -0.05) is 31.1 Å². The minimum Gasteiger partial charge on any atom is -0.491 e. The quantitative estimate of drug-likeness (QED) is 0.271. The maximum atomic E-state index is 14.5. The number of ether oxygens (including phenoxy) is 1. The lowest BCUT2D eigenvalue weighted by atomic mass is 9.84. The number of benzene rings is 1. The molecule has 31 heavy (non-hydrogen) atoms. The van der Waals surface area contributed by atoms with E-state index in [0.29, 0.717) is 24.5 Å². The first-order valence-electron chi connectivity index (χ1n) is 11.5. The minimum atomic E-state index is -0.902. The Morgan fingerprint density at radius 3 is 2.61 bits per heavy atom. The highest BCUT2D eigenvalue weighted by Gasteiger charge is 2.22. The fourth-order valence-electron chi connectivity index (χ4n) is 4.19. The average molecular weight is 426 g/mol. The number of aryl methyl sites for hydroxylation is 1. The number of nitrogens with zero attached hydrogens (tertiary/aromatic N) is 1. The molecule has 3 rings (SSSR count). The first kappa shape index (κ1) is 23.2. The van der Waals surface area contributed by atoms with Gasteiger partial charge in [0.25, 0.3) is 0 Å². The van der Waals surface area contributed by atoms with E-state index in [0.717, 1.165) is 37.0 Å². The number of hydrogen-bond donors (Lipinski definition) is 0. The minimum absolute atomic E-state index is 0.0286. The molecule has 0 amide bonds. The Bertz CT molecular complexity index is 889. The smallest absolute Gasteiger partial charge is 0.201 e. The molecule has 2 aromatic rings. The first-order valence-corrected chi connectivity index (χ1v) is 11.5. The molecule has 0 aliphatic heterocycles. The van der Waals surface area contributed by atoms with Crippen LogP contribution in [0.1, 0.15) is 81.0 Å². The van der Waals surface area contributed by atoms with Gasteiger partial charge in [0.2, 0.25) is 5.82 Å². The van der Waals surface area contributed by atoms with Gasteiger partial charge in [0.1, 0.15) is 0 Å². The molecule has 0 saturated heterocycles. The Kier molecular flexibility index (Phi) is 8.81. The van der Waals surface area contributed by atoms with Crippen LogP contribution in [0, 0.1) is 11.6 Å². The summed E-state index contributed by atoms with van der Waals surface area (Å²) in [7, 11) is 0. The van der Waals surface area contributed by atoms with Gasteiger partial charge >= 0.3 is 0 Å². The molecule has 1 aromatic heterocycles. The van der Waals surface area contributed by atoms with Crippen LogP contribution in [0.3, 0.4) is 0 Å². The number of hydrogen-bond acceptors (Lipinski definition) is 2. The van der Waals surface area contributed by atoms with E-state index in [2.05, 4.69) is 18.7 Å². The van der Waals surface area contributed by atoms with Gasteiger partial charge in [-0.25, -0.2) is 4.39 Å². The van der Waals surface area contributed by atoms with Crippen molar-refractivity contribution in [2.75, 3.05) is 6.61 Å². The second-order valence-corrected chi connectivity index (χ2v) is 8.21. The third kappa shape index (κ3) is 6.25. The first-order chi connectivity index (χ1) is 15.1. The molecule has 1 heterocycles. The normalized spacial score (nSPS) is 16.1. The summed E-state index contributed by atoms with van der Waals surface area (Å²) in [5.74, 6) is -1.42. The number of pyridine rings is 1. The number of allylic oxidation sites excluding steroid dienone is 3. The van der Waals surface area contributed by atoms with Gasteiger partial charge in [0, 0.05) is 23.4 Å². The van der Waals surface area contributed by atoms with Crippen LogP contribution in [0.2, 0.25) is 0 Å². The van der Waals surface area contributed by atoms with Gasteiger partial charge in [-0.3, -0.25) is 4.98 Å². The number of aromatic nitrogens is 1. The highest BCUT2D eigenvalue weighted by Crippen LogP contribution is 2.37. The molecule has 4 heteroatoms. The van der Waals surface area contributed by atoms with Crippen molar-refractivity contribution in [1.29, 1.82) is 0 Å². The van der Waals surface area contributed by atoms with Gasteiger partial charge in [-0.05, 0) is 81.2 Å². The SMILES string of the molecule is C=CCCCCCCc1ccc(C2CC=C(c3ccc(OCC)c(F)c3F)CC2)nc1. The zero-order chi connectivity index (χ0) is 22.1. The summed E-state index contributed by atoms with van der Waals surface area (Å²) < 4.78 is 33.9. The van der Waals surface area contributed by atoms with Crippen LogP contribution in [0.15, 0.2) is 49.2 Å². The molecule has 166 valence electrons. The molecule has 1 aromatic carbocycles. The van der Waals surface area contributed by atoms with Crippen LogP contribution in [0.4, 0.5) is 8.78 Å². The van der Waals surface area contributed by atoms with Crippen LogP contribution in [0.25, 0.3) is 5.57 Å². The predicted octanol–water partition coefficient (Wildman–Crippen LogP) is 7.79. The average Bonchev–Trinajstić information content (AvgIpc) is 2.80. The molecule has 2 nitrogen and oxygen atoms in total. The van der Waals surface area contributed by atoms with E-state index in [4.69, 9.17) is 9.72 Å². The van der Waals surface area contributed by atoms with Gasteiger partial charge in [-0.2, -0.15) is 4.39 Å². The molecule has 0 fully saturated rings. The third-order valence-corrected chi connectivity index (χ3v) is 5.99. The fourth-order valence-corrected chi connectivity index (χ4v) is 4.19. The zero-order valence-electron chi connectivity index (χ0n) is 18.5. The van der Waals surface area contributed by atoms with Crippen LogP contribution >= 0.6 is 0 Å². The van der Waals surface area contributed by atoms with Gasteiger partial charge < -0.3 is 4.74 Å². The second kappa shape index (κ2) is 11.8. The van der Waals surface area contributed by atoms with Crippen LogP contribution < -0.4 is 4.74 Å². The lowest BCUT2D eigenvalue weighted by Crippen LogP contribution is -2.08. The maximum Gasteiger partial charge on any atom is 0.201 e. The highest BCUT2D eigenvalue weighted by atomic mass is 19.2. The summed E-state index contributed by atoms with van der Waals surface area (Å²) in [4.78, 5) is 4.70. The molecule has 0 spiro atoms. The Hall–Kier alpha value is -2.49. The molecular formula is C27H33F2NO. The van der Waals surface area contributed by atoms with Crippen molar-refractivity contribution in [1.82, 2.24) is 4.98 Å². The van der Waals surface area contributed by atoms with Gasteiger partial charge in [-0.15, -0.1) is 6.58 Å². The van der Waals surface area contributed by atoms with Crippen LogP contribution in [-0.2, 0) is 6.42 Å². The van der Waals surface area contributed by atoms with Crippen molar-refractivity contribution in [2.45, 2.75) is 70.6 Å².